The third kappa shape index (κ3) is 8.49. The predicted octanol–water partition coefficient (Wildman–Crippen LogP) is 3.44. The molecule has 11 nitrogen and oxygen atoms in total. The minimum Gasteiger partial charge on any atom is -0.496 e. The van der Waals surface area contributed by atoms with Gasteiger partial charge in [-0.25, -0.2) is 4.39 Å². The molecule has 1 aromatic heterocycles. The molecule has 0 spiro atoms. The van der Waals surface area contributed by atoms with Crippen molar-refractivity contribution in [3.8, 4) is 5.75 Å². The Morgan fingerprint density at radius 1 is 1.04 bits per heavy atom. The summed E-state index contributed by atoms with van der Waals surface area (Å²) in [7, 11) is 1.53. The van der Waals surface area contributed by atoms with E-state index in [1.807, 2.05) is 13.8 Å². The van der Waals surface area contributed by atoms with Crippen LogP contribution >= 0.6 is 0 Å². The highest BCUT2D eigenvalue weighted by Crippen LogP contribution is 2.26. The molecule has 1 saturated heterocycles. The molecule has 3 amide bonds. The van der Waals surface area contributed by atoms with E-state index in [0.717, 1.165) is 0 Å². The first-order chi connectivity index (χ1) is 21.9. The third-order valence-electron chi connectivity index (χ3n) is 8.16. The smallest absolute Gasteiger partial charge is 0.310 e. The van der Waals surface area contributed by atoms with Crippen LogP contribution in [0.1, 0.15) is 60.3 Å². The molecule has 4 N–H and O–H groups in total. The normalized spacial score (nSPS) is 15.7. The van der Waals surface area contributed by atoms with E-state index >= 15 is 0 Å². The quantitative estimate of drug-likeness (QED) is 0.198. The van der Waals surface area contributed by atoms with Crippen molar-refractivity contribution in [2.45, 2.75) is 65.5 Å². The van der Waals surface area contributed by atoms with E-state index in [1.165, 1.54) is 19.2 Å². The van der Waals surface area contributed by atoms with Crippen molar-refractivity contribution in [1.29, 1.82) is 0 Å². The fourth-order valence-corrected chi connectivity index (χ4v) is 5.73. The fraction of sp³-hybridized carbons (Fsp3) is 0.441. The summed E-state index contributed by atoms with van der Waals surface area (Å²) in [4.78, 5) is 68.4. The van der Waals surface area contributed by atoms with Gasteiger partial charge in [0.25, 0.3) is 5.91 Å². The second-order valence-electron chi connectivity index (χ2n) is 12.2. The lowest BCUT2D eigenvalue weighted by molar-refractivity contribution is -0.148. The number of hydrogen-bond acceptors (Lipinski definition) is 7. The van der Waals surface area contributed by atoms with Gasteiger partial charge in [-0.05, 0) is 86.1 Å². The molecule has 2 aromatic carbocycles. The zero-order chi connectivity index (χ0) is 33.5. The molecule has 1 aliphatic rings. The summed E-state index contributed by atoms with van der Waals surface area (Å²) in [5.41, 5.74) is 2.70. The lowest BCUT2D eigenvalue weighted by Gasteiger charge is -2.25. The SMILES string of the molecule is COc1cccc2[nH]c(C(=O)N[C@@H](CC(C)C)C(=O)N[C@@H](C[C@@H]3CCNC3=O)C(=O)COC(=O)Cc3c(C)cc(F)cc3C)cc12. The number of carbonyl (C=O) groups excluding carboxylic acids is 5. The molecule has 0 bridgehead atoms. The number of fused-ring (bicyclic) bond motifs is 1. The Kier molecular flexibility index (Phi) is 11.2. The standard InChI is InChI=1S/C34H41FN4O7/c1-18(2)11-27(39-34(44)28-15-24-25(37-28)7-6-8-30(24)45-5)33(43)38-26(14-21-9-10-36-32(21)42)29(40)17-46-31(41)16-23-19(3)12-22(35)13-20(23)4/h6-8,12-13,15,18,21,26-27,37H,9-11,14,16-17H2,1-5H3,(H,36,42)(H,38,43)(H,39,44)/t21-,26-,27-/m0/s1. The first-order valence-corrected chi connectivity index (χ1v) is 15.3. The number of halogens is 1. The number of carbonyl (C=O) groups is 5. The van der Waals surface area contributed by atoms with Gasteiger partial charge in [0.2, 0.25) is 11.8 Å². The molecular formula is C34H41FN4O7. The summed E-state index contributed by atoms with van der Waals surface area (Å²) in [6.07, 6.45) is 0.610. The van der Waals surface area contributed by atoms with E-state index in [4.69, 9.17) is 9.47 Å². The third-order valence-corrected chi connectivity index (χ3v) is 8.16. The average Bonchev–Trinajstić information content (AvgIpc) is 3.62. The van der Waals surface area contributed by atoms with Crippen LogP contribution in [0.4, 0.5) is 4.39 Å². The Labute approximate surface area is 267 Å². The minimum atomic E-state index is -1.15. The number of ether oxygens (including phenoxy) is 2. The molecule has 2 heterocycles. The zero-order valence-electron chi connectivity index (χ0n) is 26.8. The van der Waals surface area contributed by atoms with Gasteiger partial charge in [0.1, 0.15) is 23.3 Å². The van der Waals surface area contributed by atoms with Crippen LogP contribution in [-0.4, -0.2) is 66.8 Å². The number of Topliss-reactive ketones (excluding diaryl/α,β-unsaturated/α-hetero) is 1. The molecule has 0 aliphatic carbocycles. The number of H-pyrrole nitrogens is 1. The van der Waals surface area contributed by atoms with Gasteiger partial charge in [-0.3, -0.25) is 24.0 Å². The van der Waals surface area contributed by atoms with Gasteiger partial charge >= 0.3 is 5.97 Å². The largest absolute Gasteiger partial charge is 0.496 e. The van der Waals surface area contributed by atoms with E-state index in [-0.39, 0.29) is 36.8 Å². The van der Waals surface area contributed by atoms with Gasteiger partial charge in [-0.15, -0.1) is 0 Å². The maximum atomic E-state index is 13.7. The van der Waals surface area contributed by atoms with E-state index < -0.39 is 54.0 Å². The Bertz CT molecular complexity index is 1610. The number of esters is 1. The van der Waals surface area contributed by atoms with Crippen LogP contribution < -0.4 is 20.7 Å². The van der Waals surface area contributed by atoms with Crippen molar-refractivity contribution >= 4 is 40.4 Å². The number of aromatic nitrogens is 1. The lowest BCUT2D eigenvalue weighted by Crippen LogP contribution is -2.53. The van der Waals surface area contributed by atoms with E-state index in [9.17, 15) is 28.4 Å². The molecule has 12 heteroatoms. The molecule has 0 radical (unpaired) electrons. The number of ketones is 1. The molecule has 1 aliphatic heterocycles. The fourth-order valence-electron chi connectivity index (χ4n) is 5.73. The van der Waals surface area contributed by atoms with Crippen LogP contribution in [0.3, 0.4) is 0 Å². The Balaban J connectivity index is 1.47. The molecule has 3 aromatic rings. The summed E-state index contributed by atoms with van der Waals surface area (Å²) >= 11 is 0. The summed E-state index contributed by atoms with van der Waals surface area (Å²) in [6, 6.07) is 7.50. The summed E-state index contributed by atoms with van der Waals surface area (Å²) in [6.45, 7) is 6.98. The maximum Gasteiger partial charge on any atom is 0.310 e. The van der Waals surface area contributed by atoms with Crippen LogP contribution in [0.15, 0.2) is 36.4 Å². The number of aryl methyl sites for hydroxylation is 2. The summed E-state index contributed by atoms with van der Waals surface area (Å²) in [5, 5.41) is 8.93. The number of hydrogen-bond donors (Lipinski definition) is 4. The highest BCUT2D eigenvalue weighted by atomic mass is 19.1. The topological polar surface area (TPSA) is 156 Å². The second kappa shape index (κ2) is 15.0. The molecule has 4 rings (SSSR count). The highest BCUT2D eigenvalue weighted by Gasteiger charge is 2.34. The maximum absolute atomic E-state index is 13.7. The predicted molar refractivity (Wildman–Crippen MR) is 169 cm³/mol. The molecule has 0 saturated carbocycles. The van der Waals surface area contributed by atoms with Crippen LogP contribution in [0, 0.1) is 31.5 Å². The highest BCUT2D eigenvalue weighted by molar-refractivity contribution is 6.02. The first kappa shape index (κ1) is 34.1. The van der Waals surface area contributed by atoms with Crippen molar-refractivity contribution in [2.24, 2.45) is 11.8 Å². The van der Waals surface area contributed by atoms with Crippen molar-refractivity contribution < 1.29 is 37.8 Å². The number of nitrogens with one attached hydrogen (secondary N) is 4. The molecule has 1 fully saturated rings. The van der Waals surface area contributed by atoms with Crippen LogP contribution in [0.5, 0.6) is 5.75 Å². The Morgan fingerprint density at radius 2 is 1.76 bits per heavy atom. The minimum absolute atomic E-state index is 0.00736. The van der Waals surface area contributed by atoms with E-state index in [0.29, 0.717) is 46.3 Å². The van der Waals surface area contributed by atoms with Crippen molar-refractivity contribution in [3.63, 3.8) is 0 Å². The van der Waals surface area contributed by atoms with Crippen molar-refractivity contribution in [3.05, 3.63) is 64.6 Å². The number of aromatic amines is 1. The first-order valence-electron chi connectivity index (χ1n) is 15.3. The molecule has 3 atom stereocenters. The average molecular weight is 637 g/mol. The summed E-state index contributed by atoms with van der Waals surface area (Å²) in [5.74, 6) is -2.96. The van der Waals surface area contributed by atoms with Crippen LogP contribution in [0.25, 0.3) is 10.9 Å². The number of amides is 3. The number of benzene rings is 2. The van der Waals surface area contributed by atoms with Gasteiger partial charge in [-0.1, -0.05) is 19.9 Å². The van der Waals surface area contributed by atoms with E-state index in [2.05, 4.69) is 20.9 Å². The van der Waals surface area contributed by atoms with Crippen LogP contribution in [0.2, 0.25) is 0 Å². The van der Waals surface area contributed by atoms with Gasteiger partial charge in [-0.2, -0.15) is 0 Å². The molecular weight excluding hydrogens is 595 g/mol. The Morgan fingerprint density at radius 3 is 2.39 bits per heavy atom. The van der Waals surface area contributed by atoms with Crippen LogP contribution in [-0.2, 0) is 30.3 Å². The van der Waals surface area contributed by atoms with Crippen molar-refractivity contribution in [1.82, 2.24) is 20.9 Å². The van der Waals surface area contributed by atoms with Gasteiger partial charge in [0.15, 0.2) is 12.4 Å². The summed E-state index contributed by atoms with van der Waals surface area (Å²) < 4.78 is 24.3. The van der Waals surface area contributed by atoms with Gasteiger partial charge in [0, 0.05) is 23.4 Å². The lowest BCUT2D eigenvalue weighted by atomic mass is 9.95. The molecule has 46 heavy (non-hydrogen) atoms. The molecule has 246 valence electrons. The monoisotopic (exact) mass is 636 g/mol. The van der Waals surface area contributed by atoms with Gasteiger partial charge in [0.05, 0.1) is 19.6 Å². The second-order valence-corrected chi connectivity index (χ2v) is 12.2. The van der Waals surface area contributed by atoms with Gasteiger partial charge < -0.3 is 30.4 Å². The Hall–Kier alpha value is -4.74. The zero-order valence-corrected chi connectivity index (χ0v) is 26.8. The molecule has 0 unspecified atom stereocenters. The number of methoxy groups -OCH3 is 1. The number of rotatable bonds is 14. The van der Waals surface area contributed by atoms with Crippen molar-refractivity contribution in [2.75, 3.05) is 20.3 Å². The van der Waals surface area contributed by atoms with E-state index in [1.54, 1.807) is 38.1 Å².